The Labute approximate surface area is 191 Å². The van der Waals surface area contributed by atoms with Crippen molar-refractivity contribution >= 4 is 23.1 Å². The molecule has 1 aliphatic heterocycles. The van der Waals surface area contributed by atoms with Crippen LogP contribution in [0.5, 0.6) is 0 Å². The molecular weight excluding hydrogens is 414 g/mol. The fraction of sp³-hybridized carbons (Fsp3) is 0.192. The average Bonchev–Trinajstić information content (AvgIpc) is 3.23. The first kappa shape index (κ1) is 20.8. The van der Waals surface area contributed by atoms with Crippen LogP contribution in [0.1, 0.15) is 45.6 Å². The first-order valence-electron chi connectivity index (χ1n) is 10.9. The number of hydrogen-bond acceptors (Lipinski definition) is 5. The van der Waals surface area contributed by atoms with Crippen molar-refractivity contribution in [3.05, 3.63) is 105 Å². The molecule has 1 aliphatic rings. The van der Waals surface area contributed by atoms with E-state index in [-0.39, 0.29) is 11.6 Å². The number of anilines is 2. The smallest absolute Gasteiger partial charge is 0.259 e. The molecule has 0 saturated heterocycles. The third kappa shape index (κ3) is 3.82. The molecule has 3 heterocycles. The second kappa shape index (κ2) is 8.09. The summed E-state index contributed by atoms with van der Waals surface area (Å²) in [4.78, 5) is 32.0. The van der Waals surface area contributed by atoms with Crippen LogP contribution in [0.3, 0.4) is 0 Å². The van der Waals surface area contributed by atoms with Gasteiger partial charge in [0, 0.05) is 36.6 Å². The van der Waals surface area contributed by atoms with Gasteiger partial charge in [-0.3, -0.25) is 14.0 Å². The van der Waals surface area contributed by atoms with E-state index in [0.717, 1.165) is 24.2 Å². The maximum atomic E-state index is 13.1. The Bertz CT molecular complexity index is 1420. The highest BCUT2D eigenvalue weighted by atomic mass is 16.1. The molecule has 2 aromatic carbocycles. The quantitative estimate of drug-likeness (QED) is 0.494. The number of fused-ring (bicyclic) bond motifs is 2. The van der Waals surface area contributed by atoms with Gasteiger partial charge in [0.1, 0.15) is 11.5 Å². The van der Waals surface area contributed by atoms with Crippen LogP contribution in [0.15, 0.2) is 71.7 Å². The van der Waals surface area contributed by atoms with Gasteiger partial charge < -0.3 is 16.0 Å². The lowest BCUT2D eigenvalue weighted by Gasteiger charge is -2.21. The predicted molar refractivity (Wildman–Crippen MR) is 130 cm³/mol. The Morgan fingerprint density at radius 3 is 2.42 bits per heavy atom. The lowest BCUT2D eigenvalue weighted by molar-refractivity contribution is 0.100. The van der Waals surface area contributed by atoms with Gasteiger partial charge in [0.2, 0.25) is 0 Å². The molecule has 0 fully saturated rings. The maximum Gasteiger partial charge on any atom is 0.259 e. The van der Waals surface area contributed by atoms with Crippen LogP contribution < -0.4 is 21.5 Å². The van der Waals surface area contributed by atoms with Crippen LogP contribution in [-0.2, 0) is 13.1 Å². The number of aromatic nitrogens is 2. The molecule has 166 valence electrons. The first-order chi connectivity index (χ1) is 15.9. The second-order valence-electron chi connectivity index (χ2n) is 8.52. The molecule has 4 aromatic rings. The van der Waals surface area contributed by atoms with Crippen LogP contribution in [0.25, 0.3) is 5.65 Å². The minimum atomic E-state index is -0.496. The second-order valence-corrected chi connectivity index (χ2v) is 8.52. The number of benzene rings is 2. The van der Waals surface area contributed by atoms with E-state index in [4.69, 9.17) is 10.7 Å². The maximum absolute atomic E-state index is 13.1. The third-order valence-electron chi connectivity index (χ3n) is 6.11. The van der Waals surface area contributed by atoms with Gasteiger partial charge in [-0.05, 0) is 48.7 Å². The molecule has 2 aromatic heterocycles. The van der Waals surface area contributed by atoms with E-state index in [9.17, 15) is 9.59 Å². The monoisotopic (exact) mass is 439 g/mol. The molecular formula is C26H25N5O2. The highest BCUT2D eigenvalue weighted by molar-refractivity contribution is 5.98. The van der Waals surface area contributed by atoms with E-state index in [0.29, 0.717) is 22.7 Å². The Balaban J connectivity index is 1.57. The Hall–Kier alpha value is -4.13. The molecule has 0 radical (unpaired) electrons. The fourth-order valence-electron chi connectivity index (χ4n) is 4.47. The summed E-state index contributed by atoms with van der Waals surface area (Å²) in [6.45, 7) is 5.38. The summed E-state index contributed by atoms with van der Waals surface area (Å²) in [7, 11) is 0. The summed E-state index contributed by atoms with van der Waals surface area (Å²) >= 11 is 0. The van der Waals surface area contributed by atoms with E-state index < -0.39 is 5.91 Å². The minimum Gasteiger partial charge on any atom is -0.378 e. The van der Waals surface area contributed by atoms with E-state index in [1.165, 1.54) is 11.1 Å². The van der Waals surface area contributed by atoms with Gasteiger partial charge in [-0.25, -0.2) is 4.98 Å². The molecule has 1 atom stereocenters. The molecule has 0 saturated carbocycles. The fourth-order valence-corrected chi connectivity index (χ4v) is 4.47. The molecule has 0 aliphatic carbocycles. The molecule has 5 rings (SSSR count). The average molecular weight is 440 g/mol. The summed E-state index contributed by atoms with van der Waals surface area (Å²) in [5.74, 6) is 0.163. The number of nitrogens with one attached hydrogen (secondary N) is 1. The molecule has 1 amide bonds. The number of primary amides is 1. The number of carbonyl (C=O) groups is 1. The van der Waals surface area contributed by atoms with Crippen LogP contribution in [-0.4, -0.2) is 15.3 Å². The SMILES string of the molecule is Cc1cc(C(C)Nc2ccccc2C(N)=O)c2nc(N3Cc4ccccc4C3)cc(=O)n2c1. The Kier molecular flexibility index (Phi) is 5.09. The van der Waals surface area contributed by atoms with Gasteiger partial charge in [0.05, 0.1) is 11.6 Å². The number of hydrogen-bond donors (Lipinski definition) is 2. The zero-order valence-corrected chi connectivity index (χ0v) is 18.6. The van der Waals surface area contributed by atoms with Crippen molar-refractivity contribution in [1.29, 1.82) is 0 Å². The Morgan fingerprint density at radius 1 is 1.06 bits per heavy atom. The first-order valence-corrected chi connectivity index (χ1v) is 10.9. The topological polar surface area (TPSA) is 92.7 Å². The van der Waals surface area contributed by atoms with Crippen molar-refractivity contribution in [2.45, 2.75) is 33.0 Å². The number of pyridine rings is 1. The zero-order valence-electron chi connectivity index (χ0n) is 18.6. The highest BCUT2D eigenvalue weighted by Gasteiger charge is 2.22. The van der Waals surface area contributed by atoms with Crippen LogP contribution in [0.2, 0.25) is 0 Å². The van der Waals surface area contributed by atoms with Gasteiger partial charge in [0.25, 0.3) is 11.5 Å². The largest absolute Gasteiger partial charge is 0.378 e. The molecule has 0 bridgehead atoms. The van der Waals surface area contributed by atoms with E-state index >= 15 is 0 Å². The number of carbonyl (C=O) groups excluding carboxylic acids is 1. The number of nitrogens with two attached hydrogens (primary N) is 1. The van der Waals surface area contributed by atoms with Crippen LogP contribution in [0.4, 0.5) is 11.5 Å². The summed E-state index contributed by atoms with van der Waals surface area (Å²) in [5, 5.41) is 3.38. The van der Waals surface area contributed by atoms with Crippen molar-refractivity contribution in [2.75, 3.05) is 10.2 Å². The molecule has 7 heteroatoms. The number of nitrogens with zero attached hydrogens (tertiary/aromatic N) is 3. The van der Waals surface area contributed by atoms with E-state index in [2.05, 4.69) is 22.3 Å². The number of para-hydroxylation sites is 1. The van der Waals surface area contributed by atoms with Crippen molar-refractivity contribution < 1.29 is 4.79 Å². The molecule has 7 nitrogen and oxygen atoms in total. The standard InChI is InChI=1S/C26H25N5O2/c1-16-11-21(17(2)28-22-10-6-5-9-20(22)25(27)33)26-29-23(12-24(32)31(26)13-16)30-14-18-7-3-4-8-19(18)15-30/h3-13,17,28H,14-15H2,1-2H3,(H2,27,33). The summed E-state index contributed by atoms with van der Waals surface area (Å²) in [5.41, 5.74) is 11.4. The lowest BCUT2D eigenvalue weighted by atomic mass is 10.1. The number of aryl methyl sites for hydroxylation is 1. The summed E-state index contributed by atoms with van der Waals surface area (Å²) in [6.07, 6.45) is 1.81. The van der Waals surface area contributed by atoms with Crippen molar-refractivity contribution in [3.8, 4) is 0 Å². The van der Waals surface area contributed by atoms with Crippen molar-refractivity contribution in [2.24, 2.45) is 5.73 Å². The van der Waals surface area contributed by atoms with Gasteiger partial charge in [-0.2, -0.15) is 0 Å². The zero-order chi connectivity index (χ0) is 23.1. The van der Waals surface area contributed by atoms with Gasteiger partial charge >= 0.3 is 0 Å². The molecule has 0 spiro atoms. The van der Waals surface area contributed by atoms with E-state index in [1.807, 2.05) is 44.2 Å². The Morgan fingerprint density at radius 2 is 1.73 bits per heavy atom. The predicted octanol–water partition coefficient (Wildman–Crippen LogP) is 3.80. The lowest BCUT2D eigenvalue weighted by Crippen LogP contribution is -2.24. The van der Waals surface area contributed by atoms with Crippen LogP contribution in [0, 0.1) is 6.92 Å². The van der Waals surface area contributed by atoms with Gasteiger partial charge in [-0.1, -0.05) is 36.4 Å². The summed E-state index contributed by atoms with van der Waals surface area (Å²) < 4.78 is 1.59. The summed E-state index contributed by atoms with van der Waals surface area (Å²) in [6, 6.07) is 18.8. The number of amides is 1. The third-order valence-corrected chi connectivity index (χ3v) is 6.11. The molecule has 1 unspecified atom stereocenters. The van der Waals surface area contributed by atoms with Crippen molar-refractivity contribution in [1.82, 2.24) is 9.38 Å². The normalized spacial score (nSPS) is 13.7. The van der Waals surface area contributed by atoms with Gasteiger partial charge in [-0.15, -0.1) is 0 Å². The minimum absolute atomic E-state index is 0.124. The van der Waals surface area contributed by atoms with Crippen LogP contribution >= 0.6 is 0 Å². The number of rotatable bonds is 5. The van der Waals surface area contributed by atoms with E-state index in [1.54, 1.807) is 28.8 Å². The molecule has 3 N–H and O–H groups in total. The molecule has 33 heavy (non-hydrogen) atoms. The van der Waals surface area contributed by atoms with Crippen molar-refractivity contribution in [3.63, 3.8) is 0 Å². The van der Waals surface area contributed by atoms with Gasteiger partial charge in [0.15, 0.2) is 0 Å². The highest BCUT2D eigenvalue weighted by Crippen LogP contribution is 2.29.